The molecule has 2 aromatic heterocycles. The summed E-state index contributed by atoms with van der Waals surface area (Å²) in [5, 5.41) is 53.3. The number of ether oxygens (including phenoxy) is 1. The molecule has 2 atom stereocenters. The fourth-order valence-corrected chi connectivity index (χ4v) is 12.0. The van der Waals surface area contributed by atoms with Crippen LogP contribution >= 0.6 is 0 Å². The van der Waals surface area contributed by atoms with Gasteiger partial charge in [0, 0.05) is 106 Å². The number of anilines is 2. The molecule has 4 aromatic carbocycles. The van der Waals surface area contributed by atoms with Crippen molar-refractivity contribution in [2.75, 3.05) is 81.9 Å². The number of Topliss-reactive ketones (excluding diaryl/α,β-unsaturated/α-hetero) is 1. The van der Waals surface area contributed by atoms with Gasteiger partial charge in [0.05, 0.1) is 17.6 Å². The first-order valence-electron chi connectivity index (χ1n) is 30.9. The highest BCUT2D eigenvalue weighted by Gasteiger charge is 2.46. The number of fused-ring (bicyclic) bond motifs is 2. The zero-order valence-electron chi connectivity index (χ0n) is 52.8. The summed E-state index contributed by atoms with van der Waals surface area (Å²) in [6.07, 6.45) is 3.02. The van der Waals surface area contributed by atoms with Crippen LogP contribution in [0.3, 0.4) is 0 Å². The number of carbonyl (C=O) groups excluding carboxylic acids is 2. The lowest BCUT2D eigenvalue weighted by Gasteiger charge is -2.39. The van der Waals surface area contributed by atoms with Gasteiger partial charge in [-0.05, 0) is 123 Å². The van der Waals surface area contributed by atoms with Crippen molar-refractivity contribution in [3.63, 3.8) is 0 Å². The zero-order chi connectivity index (χ0) is 67.1. The lowest BCUT2D eigenvalue weighted by atomic mass is 9.95. The fraction of sp³-hybridized carbons (Fsp3) is 0.456. The number of amidine groups is 2. The molecule has 492 valence electrons. The minimum Gasteiger partial charge on any atom is -0.508 e. The number of rotatable bonds is 15. The summed E-state index contributed by atoms with van der Waals surface area (Å²) in [4.78, 5) is 47.2. The number of alkyl halides is 6. The van der Waals surface area contributed by atoms with E-state index in [-0.39, 0.29) is 51.3 Å². The Morgan fingerprint density at radius 2 is 1.55 bits per heavy atom. The average molecular weight is 1280 g/mol. The summed E-state index contributed by atoms with van der Waals surface area (Å²) >= 11 is 0. The van der Waals surface area contributed by atoms with Crippen LogP contribution in [0.25, 0.3) is 32.9 Å². The number of carbonyl (C=O) groups is 2. The number of ketones is 1. The lowest BCUT2D eigenvalue weighted by Crippen LogP contribution is -2.51. The van der Waals surface area contributed by atoms with Crippen LogP contribution in [0.1, 0.15) is 109 Å². The monoisotopic (exact) mass is 1280 g/mol. The van der Waals surface area contributed by atoms with E-state index in [0.29, 0.717) is 83.7 Å². The molecule has 10 rings (SSSR count). The van der Waals surface area contributed by atoms with Gasteiger partial charge in [-0.15, -0.1) is 6.42 Å². The Hall–Kier alpha value is -8.40. The second-order valence-corrected chi connectivity index (χ2v) is 24.7. The van der Waals surface area contributed by atoms with Gasteiger partial charge in [0.1, 0.15) is 46.2 Å². The van der Waals surface area contributed by atoms with Crippen molar-refractivity contribution in [3.8, 4) is 46.9 Å². The minimum absolute atomic E-state index is 0.0139. The molecule has 92 heavy (non-hydrogen) atoms. The lowest BCUT2D eigenvalue weighted by molar-refractivity contribution is -0.168. The first-order chi connectivity index (χ1) is 43.5. The topological polar surface area (TPSA) is 219 Å². The van der Waals surface area contributed by atoms with E-state index in [1.807, 2.05) is 19.9 Å². The summed E-state index contributed by atoms with van der Waals surface area (Å²) in [5.41, 5.74) is 3.34. The summed E-state index contributed by atoms with van der Waals surface area (Å²) in [7, 11) is 0. The molecule has 1 saturated carbocycles. The van der Waals surface area contributed by atoms with E-state index < -0.39 is 53.3 Å². The van der Waals surface area contributed by atoms with Gasteiger partial charge in [0.15, 0.2) is 11.7 Å². The number of aromatic hydroxyl groups is 3. The summed E-state index contributed by atoms with van der Waals surface area (Å²) in [6.45, 7) is 25.0. The van der Waals surface area contributed by atoms with E-state index in [2.05, 4.69) is 44.0 Å². The maximum Gasteiger partial charge on any atom is 0.449 e. The highest BCUT2D eigenvalue weighted by molar-refractivity contribution is 6.48. The zero-order valence-corrected chi connectivity index (χ0v) is 52.8. The van der Waals surface area contributed by atoms with Crippen molar-refractivity contribution in [3.05, 3.63) is 113 Å². The number of benzene rings is 4. The first-order valence-corrected chi connectivity index (χ1v) is 30.9. The van der Waals surface area contributed by atoms with E-state index in [1.54, 1.807) is 67.8 Å². The van der Waals surface area contributed by atoms with Crippen LogP contribution in [0.2, 0.25) is 0 Å². The van der Waals surface area contributed by atoms with Crippen LogP contribution in [-0.2, 0) is 16.1 Å². The Morgan fingerprint density at radius 1 is 0.902 bits per heavy atom. The van der Waals surface area contributed by atoms with Crippen molar-refractivity contribution < 1.29 is 60.4 Å². The molecule has 3 aliphatic heterocycles. The molecule has 1 aliphatic carbocycles. The van der Waals surface area contributed by atoms with Gasteiger partial charge in [-0.25, -0.2) is 4.39 Å². The van der Waals surface area contributed by atoms with Gasteiger partial charge < -0.3 is 40.1 Å². The molecule has 0 radical (unpaired) electrons. The first kappa shape index (κ1) is 69.5. The summed E-state index contributed by atoms with van der Waals surface area (Å²) in [6, 6.07) is 15.5. The molecule has 0 spiro atoms. The van der Waals surface area contributed by atoms with Gasteiger partial charge >= 0.3 is 18.4 Å². The van der Waals surface area contributed by atoms with Crippen molar-refractivity contribution in [2.24, 2.45) is 17.3 Å². The number of phenols is 3. The smallest absolute Gasteiger partial charge is 0.449 e. The van der Waals surface area contributed by atoms with Crippen molar-refractivity contribution in [1.82, 2.24) is 35.0 Å². The summed E-state index contributed by atoms with van der Waals surface area (Å²) < 4.78 is 96.5. The molecule has 4 aliphatic rings. The molecule has 3 saturated heterocycles. The number of halogens is 7. The number of nitrogens with one attached hydrogen (secondary N) is 3. The number of amides is 1. The number of piperazine rings is 1. The summed E-state index contributed by atoms with van der Waals surface area (Å²) in [5.74, 6) is -2.17. The predicted molar refractivity (Wildman–Crippen MR) is 342 cm³/mol. The van der Waals surface area contributed by atoms with Crippen LogP contribution in [0.5, 0.6) is 23.3 Å². The maximum absolute atomic E-state index is 17.2. The molecule has 1 amide bonds. The Balaban J connectivity index is 0.00000113. The number of nitrogens with zero attached hydrogens (tertiary/aromatic N) is 8. The van der Waals surface area contributed by atoms with Gasteiger partial charge in [-0.2, -0.15) is 36.3 Å². The predicted octanol–water partition coefficient (Wildman–Crippen LogP) is 12.3. The van der Waals surface area contributed by atoms with Crippen LogP contribution < -0.4 is 19.9 Å². The van der Waals surface area contributed by atoms with E-state index in [9.17, 15) is 51.3 Å². The normalized spacial score (nSPS) is 17.7. The van der Waals surface area contributed by atoms with Gasteiger partial charge in [0.25, 0.3) is 5.91 Å². The molecule has 24 heteroatoms. The second-order valence-electron chi connectivity index (χ2n) is 24.7. The van der Waals surface area contributed by atoms with Crippen LogP contribution in [-0.4, -0.2) is 159 Å². The van der Waals surface area contributed by atoms with Gasteiger partial charge in [0.2, 0.25) is 5.78 Å². The highest BCUT2D eigenvalue weighted by Crippen LogP contribution is 2.47. The Kier molecular flexibility index (Phi) is 21.9. The van der Waals surface area contributed by atoms with Crippen molar-refractivity contribution in [2.45, 2.75) is 111 Å². The van der Waals surface area contributed by atoms with E-state index >= 15 is 4.39 Å². The average Bonchev–Trinajstić information content (AvgIpc) is 0.856. The van der Waals surface area contributed by atoms with E-state index in [0.717, 1.165) is 113 Å². The Bertz CT molecular complexity index is 3740. The quantitative estimate of drug-likeness (QED) is 0.0185. The van der Waals surface area contributed by atoms with E-state index in [4.69, 9.17) is 31.9 Å². The number of likely N-dealkylation sites (tertiary alicyclic amines) is 1. The molecule has 0 bridgehead atoms. The molecule has 6 aromatic rings. The molecule has 2 unspecified atom stereocenters. The molecular formula is C68H80F7N11O6. The molecule has 6 N–H and O–H groups in total. The third-order valence-corrected chi connectivity index (χ3v) is 17.1. The largest absolute Gasteiger partial charge is 0.508 e. The highest BCUT2D eigenvalue weighted by atomic mass is 19.4. The number of hydrogen-bond donors (Lipinski definition) is 6. The molecule has 17 nitrogen and oxygen atoms in total. The van der Waals surface area contributed by atoms with E-state index in [1.165, 1.54) is 12.1 Å². The number of terminal acetylenes is 1. The third-order valence-electron chi connectivity index (χ3n) is 17.1. The number of pyridine rings is 1. The molecule has 5 heterocycles. The minimum atomic E-state index is -4.77. The van der Waals surface area contributed by atoms with Gasteiger partial charge in [-0.1, -0.05) is 77.0 Å². The van der Waals surface area contributed by atoms with Crippen LogP contribution in [0, 0.1) is 46.2 Å². The number of aromatic nitrogens is 3. The van der Waals surface area contributed by atoms with Gasteiger partial charge in [-0.3, -0.25) is 35.2 Å². The molecular weight excluding hydrogens is 1200 g/mol. The Morgan fingerprint density at radius 3 is 2.15 bits per heavy atom. The maximum atomic E-state index is 17.2. The second kappa shape index (κ2) is 29.0. The fourth-order valence-electron chi connectivity index (χ4n) is 12.0. The van der Waals surface area contributed by atoms with Crippen LogP contribution in [0.15, 0.2) is 85.1 Å². The Labute approximate surface area is 531 Å². The van der Waals surface area contributed by atoms with Crippen molar-refractivity contribution >= 4 is 56.5 Å². The number of piperidine rings is 2. The van der Waals surface area contributed by atoms with Crippen molar-refractivity contribution in [1.29, 1.82) is 10.8 Å². The van der Waals surface area contributed by atoms with Crippen LogP contribution in [0.4, 0.5) is 42.2 Å². The molecule has 4 fully saturated rings. The third kappa shape index (κ3) is 16.6. The SMILES string of the molecule is C#Cc1cccc2cc(O)cc(-c3ncc4c(N5CC(=C)CC(C)C5)nc(OCC5(CN6CCN(CC7CCN(Cc8ccc(N(C(=N)C(=O)NC(C)C(F)(F)F)C(=N)c9cc(C(C)C)c(O)cc9O)cc8)CC7)CC6)CC5)nc4c3F)c12.CC.CC(=O)C(F)(F)F. The standard InChI is InChI=1S/C63H71F4N11O5.C3H3F3O.C2H6/c1-7-43-9-8-10-44-26-46(79)27-49(53(43)44)55-54(64)56-50(30-70-55)59(77-31-38(4)25-39(5)32-77)73-61(72-56)83-36-62(17-18-62)35-76-23-21-75(22-24-76)34-42-15-19-74(20-16-42)33-41-11-13-45(14-12-41)78(58(69)60(82)71-40(6)63(65,66)67)57(68)48-28-47(37(2)3)51(80)29-52(48)81;1-2(7)3(4,5)6;1-2/h1,8-14,26-30,37,39-40,42,68-69,79-81H,4,15-25,31-36H2,2-3,5-6H3,(H,71,82);1H3;1-2H3. The number of hydrogen-bond acceptors (Lipinski definition) is 15. The number of phenolic OH excluding ortho intramolecular Hbond substituents is 3.